The third kappa shape index (κ3) is 6.44. The first-order valence-electron chi connectivity index (χ1n) is 11.7. The van der Waals surface area contributed by atoms with E-state index < -0.39 is 11.1 Å². The molecule has 10 heteroatoms. The Morgan fingerprint density at radius 2 is 1.78 bits per heavy atom. The van der Waals surface area contributed by atoms with Crippen LogP contribution >= 0.6 is 39.3 Å². The van der Waals surface area contributed by atoms with E-state index in [2.05, 4.69) is 15.9 Å². The first-order chi connectivity index (χ1) is 17.4. The molecule has 2 saturated heterocycles. The van der Waals surface area contributed by atoms with Gasteiger partial charge in [-0.2, -0.15) is 0 Å². The summed E-state index contributed by atoms with van der Waals surface area (Å²) >= 11 is 10.3. The van der Waals surface area contributed by atoms with Crippen LogP contribution in [0.4, 0.5) is 4.79 Å². The number of benzene rings is 2. The van der Waals surface area contributed by atoms with E-state index in [4.69, 9.17) is 21.1 Å². The van der Waals surface area contributed by atoms with Crippen molar-refractivity contribution in [3.05, 3.63) is 61.9 Å². The molecule has 190 valence electrons. The van der Waals surface area contributed by atoms with Gasteiger partial charge in [-0.05, 0) is 79.4 Å². The van der Waals surface area contributed by atoms with Crippen LogP contribution in [0.3, 0.4) is 0 Å². The molecule has 36 heavy (non-hydrogen) atoms. The second-order valence-corrected chi connectivity index (χ2v) is 10.7. The zero-order chi connectivity index (χ0) is 25.7. The highest BCUT2D eigenvalue weighted by molar-refractivity contribution is 9.10. The van der Waals surface area contributed by atoms with Gasteiger partial charge in [-0.15, -0.1) is 0 Å². The average Bonchev–Trinajstić information content (AvgIpc) is 3.13. The Balaban J connectivity index is 1.50. The molecule has 0 unspecified atom stereocenters. The fourth-order valence-corrected chi connectivity index (χ4v) is 5.33. The Hall–Kier alpha value is -2.49. The highest BCUT2D eigenvalue weighted by Crippen LogP contribution is 2.38. The van der Waals surface area contributed by atoms with Gasteiger partial charge in [-0.25, -0.2) is 0 Å². The number of halogens is 2. The van der Waals surface area contributed by atoms with Crippen molar-refractivity contribution in [2.45, 2.75) is 32.8 Å². The monoisotopic (exact) mass is 592 g/mol. The van der Waals surface area contributed by atoms with Crippen molar-refractivity contribution in [1.82, 2.24) is 9.80 Å². The van der Waals surface area contributed by atoms with Crippen molar-refractivity contribution in [3.8, 4) is 11.5 Å². The molecular weight excluding hydrogens is 568 g/mol. The highest BCUT2D eigenvalue weighted by Gasteiger charge is 2.37. The molecule has 2 aromatic carbocycles. The number of hydrogen-bond donors (Lipinski definition) is 0. The number of carbonyl (C=O) groups is 3. The molecule has 4 rings (SSSR count). The van der Waals surface area contributed by atoms with Gasteiger partial charge in [0.2, 0.25) is 5.91 Å². The van der Waals surface area contributed by atoms with Gasteiger partial charge in [0.05, 0.1) is 11.5 Å². The van der Waals surface area contributed by atoms with E-state index in [1.807, 2.05) is 19.1 Å². The van der Waals surface area contributed by atoms with E-state index in [1.165, 1.54) is 0 Å². The summed E-state index contributed by atoms with van der Waals surface area (Å²) in [6, 6.07) is 10.9. The van der Waals surface area contributed by atoms with Crippen LogP contribution in [0.25, 0.3) is 6.08 Å². The quantitative estimate of drug-likeness (QED) is 0.343. The van der Waals surface area contributed by atoms with Crippen LogP contribution in [-0.2, 0) is 16.2 Å². The number of carbonyl (C=O) groups excluding carboxylic acids is 3. The number of likely N-dealkylation sites (tertiary alicyclic amines) is 1. The minimum atomic E-state index is -0.469. The lowest BCUT2D eigenvalue weighted by atomic mass is 10.1. The summed E-state index contributed by atoms with van der Waals surface area (Å²) in [7, 11) is 0. The zero-order valence-electron chi connectivity index (χ0n) is 19.8. The standard InChI is InChI=1S/C26H26BrClN2O5S/c1-2-34-21-12-18(20(27)14-22(21)35-16-17-6-8-19(28)9-7-17)13-23-25(32)30(26(33)36-23)15-24(31)29-10-4-3-5-11-29/h6-9,12-14H,2-5,10-11,15-16H2,1H3/b23-13-. The molecule has 0 bridgehead atoms. The predicted octanol–water partition coefficient (Wildman–Crippen LogP) is 6.13. The van der Waals surface area contributed by atoms with Gasteiger partial charge in [-0.3, -0.25) is 19.3 Å². The third-order valence-corrected chi connectivity index (χ3v) is 7.68. The Morgan fingerprint density at radius 1 is 1.08 bits per heavy atom. The van der Waals surface area contributed by atoms with Gasteiger partial charge in [0.25, 0.3) is 11.1 Å². The molecule has 2 aromatic rings. The third-order valence-electron chi connectivity index (χ3n) is 5.83. The minimum absolute atomic E-state index is 0.194. The molecule has 0 N–H and O–H groups in total. The maximum atomic E-state index is 13.0. The van der Waals surface area contributed by atoms with Crippen molar-refractivity contribution in [3.63, 3.8) is 0 Å². The number of thioether (sulfide) groups is 1. The van der Waals surface area contributed by atoms with E-state index in [0.717, 1.165) is 41.5 Å². The lowest BCUT2D eigenvalue weighted by Crippen LogP contribution is -2.44. The molecule has 0 atom stereocenters. The summed E-state index contributed by atoms with van der Waals surface area (Å²) in [4.78, 5) is 41.1. The predicted molar refractivity (Wildman–Crippen MR) is 144 cm³/mol. The molecule has 0 radical (unpaired) electrons. The van der Waals surface area contributed by atoms with E-state index in [9.17, 15) is 14.4 Å². The van der Waals surface area contributed by atoms with Crippen LogP contribution in [0.1, 0.15) is 37.3 Å². The van der Waals surface area contributed by atoms with E-state index in [0.29, 0.717) is 52.9 Å². The largest absolute Gasteiger partial charge is 0.490 e. The SMILES string of the molecule is CCOc1cc(/C=C2\SC(=O)N(CC(=O)N3CCCCC3)C2=O)c(Br)cc1OCc1ccc(Cl)cc1. The van der Waals surface area contributed by atoms with Crippen molar-refractivity contribution in [2.75, 3.05) is 26.2 Å². The van der Waals surface area contributed by atoms with Crippen LogP contribution in [0.5, 0.6) is 11.5 Å². The molecule has 0 saturated carbocycles. The second kappa shape index (κ2) is 12.2. The Bertz CT molecular complexity index is 1180. The van der Waals surface area contributed by atoms with Crippen molar-refractivity contribution < 1.29 is 23.9 Å². The smallest absolute Gasteiger partial charge is 0.294 e. The van der Waals surface area contributed by atoms with Gasteiger partial charge in [0.15, 0.2) is 11.5 Å². The molecule has 2 heterocycles. The van der Waals surface area contributed by atoms with E-state index >= 15 is 0 Å². The van der Waals surface area contributed by atoms with Crippen LogP contribution in [0.2, 0.25) is 5.02 Å². The molecule has 0 aliphatic carbocycles. The fourth-order valence-electron chi connectivity index (χ4n) is 3.94. The fraction of sp³-hybridized carbons (Fsp3) is 0.346. The first-order valence-corrected chi connectivity index (χ1v) is 13.7. The van der Waals surface area contributed by atoms with Gasteiger partial charge in [0.1, 0.15) is 13.2 Å². The van der Waals surface area contributed by atoms with Crippen LogP contribution in [0.15, 0.2) is 45.8 Å². The maximum Gasteiger partial charge on any atom is 0.294 e. The zero-order valence-corrected chi connectivity index (χ0v) is 23.0. The topological polar surface area (TPSA) is 76.2 Å². The lowest BCUT2D eigenvalue weighted by Gasteiger charge is -2.27. The molecule has 2 aliphatic heterocycles. The molecule has 2 fully saturated rings. The molecule has 3 amide bonds. The van der Waals surface area contributed by atoms with Gasteiger partial charge in [-0.1, -0.05) is 39.7 Å². The molecule has 0 spiro atoms. The van der Waals surface area contributed by atoms with Crippen LogP contribution in [0, 0.1) is 0 Å². The number of hydrogen-bond acceptors (Lipinski definition) is 6. The molecule has 7 nitrogen and oxygen atoms in total. The summed E-state index contributed by atoms with van der Waals surface area (Å²) in [5, 5.41) is 0.210. The summed E-state index contributed by atoms with van der Waals surface area (Å²) in [6.07, 6.45) is 4.62. The number of nitrogens with zero attached hydrogens (tertiary/aromatic N) is 2. The number of ether oxygens (including phenoxy) is 2. The summed E-state index contributed by atoms with van der Waals surface area (Å²) in [6.45, 7) is 3.73. The van der Waals surface area contributed by atoms with Crippen LogP contribution < -0.4 is 9.47 Å². The normalized spacial score (nSPS) is 17.1. The second-order valence-electron chi connectivity index (χ2n) is 8.38. The number of imide groups is 1. The highest BCUT2D eigenvalue weighted by atomic mass is 79.9. The molecule has 0 aromatic heterocycles. The average molecular weight is 594 g/mol. The summed E-state index contributed by atoms with van der Waals surface area (Å²) in [5.74, 6) is 0.389. The first kappa shape index (κ1) is 26.6. The van der Waals surface area contributed by atoms with Crippen LogP contribution in [-0.4, -0.2) is 53.1 Å². The Kier molecular flexibility index (Phi) is 8.98. The minimum Gasteiger partial charge on any atom is -0.490 e. The maximum absolute atomic E-state index is 13.0. The number of rotatable bonds is 8. The van der Waals surface area contributed by atoms with Crippen molar-refractivity contribution in [1.29, 1.82) is 0 Å². The van der Waals surface area contributed by atoms with Crippen molar-refractivity contribution >= 4 is 62.4 Å². The Morgan fingerprint density at radius 3 is 2.47 bits per heavy atom. The molecular formula is C26H26BrClN2O5S. The van der Waals surface area contributed by atoms with Gasteiger partial charge < -0.3 is 14.4 Å². The van der Waals surface area contributed by atoms with E-state index in [-0.39, 0.29) is 17.4 Å². The lowest BCUT2D eigenvalue weighted by molar-refractivity contribution is -0.136. The van der Waals surface area contributed by atoms with E-state index in [1.54, 1.807) is 35.2 Å². The molecule has 2 aliphatic rings. The Labute approximate surface area is 227 Å². The van der Waals surface area contributed by atoms with Crippen molar-refractivity contribution in [2.24, 2.45) is 0 Å². The summed E-state index contributed by atoms with van der Waals surface area (Å²) < 4.78 is 12.4. The number of amides is 3. The number of piperidine rings is 1. The van der Waals surface area contributed by atoms with Gasteiger partial charge in [0, 0.05) is 22.6 Å². The summed E-state index contributed by atoms with van der Waals surface area (Å²) in [5.41, 5.74) is 1.61. The van der Waals surface area contributed by atoms with Gasteiger partial charge >= 0.3 is 0 Å².